The molecule has 49 heavy (non-hydrogen) atoms. The zero-order valence-electron chi connectivity index (χ0n) is 27.7. The highest BCUT2D eigenvalue weighted by Crippen LogP contribution is 2.28. The molecule has 13 heteroatoms. The summed E-state index contributed by atoms with van der Waals surface area (Å²) in [5.41, 5.74) is 10.6. The summed E-state index contributed by atoms with van der Waals surface area (Å²) in [6.45, 7) is 2.30. The zero-order valence-corrected chi connectivity index (χ0v) is 27.7. The second-order valence-electron chi connectivity index (χ2n) is 12.9. The van der Waals surface area contributed by atoms with Crippen LogP contribution in [0.1, 0.15) is 68.3 Å². The molecule has 0 fully saturated rings. The number of aromatic hydroxyl groups is 2. The van der Waals surface area contributed by atoms with Crippen LogP contribution in [0.3, 0.4) is 0 Å². The van der Waals surface area contributed by atoms with E-state index in [0.717, 1.165) is 0 Å². The molecule has 0 aliphatic heterocycles. The molecular weight excluding hydrogens is 630 g/mol. The first kappa shape index (κ1) is 38.2. The van der Waals surface area contributed by atoms with Crippen LogP contribution in [0.25, 0.3) is 10.8 Å². The molecule has 0 aliphatic carbocycles. The number of phenolic OH excluding ortho intramolecular Hbond substituents is 2. The Bertz CT molecular complexity index is 1690. The molecule has 3 atom stereocenters. The number of ketones is 2. The second kappa shape index (κ2) is 17.2. The summed E-state index contributed by atoms with van der Waals surface area (Å²) < 4.78 is 0. The average molecular weight is 676 g/mol. The lowest BCUT2D eigenvalue weighted by atomic mass is 9.85. The Morgan fingerprint density at radius 2 is 1.59 bits per heavy atom. The Morgan fingerprint density at radius 3 is 2.24 bits per heavy atom. The molecule has 0 heterocycles. The predicted octanol–water partition coefficient (Wildman–Crippen LogP) is 3.18. The average Bonchev–Trinajstić information content (AvgIpc) is 3.05. The number of nitrogens with one attached hydrogen (secondary N) is 3. The van der Waals surface area contributed by atoms with Crippen molar-refractivity contribution in [2.45, 2.75) is 70.9 Å². The fourth-order valence-corrected chi connectivity index (χ4v) is 5.31. The Labute approximate surface area is 284 Å². The van der Waals surface area contributed by atoms with Gasteiger partial charge in [0.15, 0.2) is 5.78 Å². The number of phenols is 2. The van der Waals surface area contributed by atoms with Crippen molar-refractivity contribution >= 4 is 46.0 Å². The SMILES string of the molecule is CC(C)(CC(=O)C(CNC(=O)c1ccc2ccccc2c1O)NC(=O)C(CC(=O)C(N)CCCCC(=N)N)Cc1ccc(O)cc1)C(=O)O. The molecule has 262 valence electrons. The van der Waals surface area contributed by atoms with Gasteiger partial charge in [0.05, 0.1) is 22.9 Å². The topological polar surface area (TPSA) is 246 Å². The highest BCUT2D eigenvalue weighted by Gasteiger charge is 2.35. The van der Waals surface area contributed by atoms with Crippen LogP contribution in [0.5, 0.6) is 11.5 Å². The van der Waals surface area contributed by atoms with Crippen molar-refractivity contribution < 1.29 is 39.3 Å². The quantitative estimate of drug-likeness (QED) is 0.0524. The minimum Gasteiger partial charge on any atom is -0.508 e. The van der Waals surface area contributed by atoms with Crippen molar-refractivity contribution in [3.05, 3.63) is 71.8 Å². The number of carbonyl (C=O) groups excluding carboxylic acids is 4. The number of carbonyl (C=O) groups is 5. The smallest absolute Gasteiger partial charge is 0.309 e. The van der Waals surface area contributed by atoms with Gasteiger partial charge in [-0.15, -0.1) is 0 Å². The van der Waals surface area contributed by atoms with Crippen LogP contribution in [0.15, 0.2) is 60.7 Å². The van der Waals surface area contributed by atoms with E-state index in [4.69, 9.17) is 16.9 Å². The number of carboxylic acid groups (broad SMARTS) is 1. The Balaban J connectivity index is 1.84. The number of carboxylic acids is 1. The van der Waals surface area contributed by atoms with Crippen molar-refractivity contribution in [3.63, 3.8) is 0 Å². The fourth-order valence-electron chi connectivity index (χ4n) is 5.31. The van der Waals surface area contributed by atoms with Gasteiger partial charge in [0.1, 0.15) is 23.3 Å². The first-order valence-electron chi connectivity index (χ1n) is 16.0. The number of fused-ring (bicyclic) bond motifs is 1. The van der Waals surface area contributed by atoms with Gasteiger partial charge >= 0.3 is 5.97 Å². The van der Waals surface area contributed by atoms with E-state index in [0.29, 0.717) is 42.0 Å². The highest BCUT2D eigenvalue weighted by molar-refractivity contribution is 6.04. The van der Waals surface area contributed by atoms with E-state index in [1.165, 1.54) is 32.0 Å². The number of hydrogen-bond donors (Lipinski definition) is 8. The van der Waals surface area contributed by atoms with Gasteiger partial charge in [-0.2, -0.15) is 0 Å². The molecule has 0 spiro atoms. The van der Waals surface area contributed by atoms with Crippen LogP contribution in [0.2, 0.25) is 0 Å². The molecule has 3 rings (SSSR count). The number of amidine groups is 1. The molecule has 3 unspecified atom stereocenters. The van der Waals surface area contributed by atoms with E-state index in [9.17, 15) is 39.3 Å². The van der Waals surface area contributed by atoms with Crippen LogP contribution in [0.4, 0.5) is 0 Å². The number of amides is 2. The Kier molecular flexibility index (Phi) is 13.4. The van der Waals surface area contributed by atoms with Crippen LogP contribution >= 0.6 is 0 Å². The summed E-state index contributed by atoms with van der Waals surface area (Å²) in [5, 5.41) is 43.8. The molecule has 0 bridgehead atoms. The lowest BCUT2D eigenvalue weighted by Gasteiger charge is -2.26. The van der Waals surface area contributed by atoms with Crippen LogP contribution in [-0.2, 0) is 25.6 Å². The number of benzene rings is 3. The molecule has 0 saturated heterocycles. The van der Waals surface area contributed by atoms with E-state index in [1.54, 1.807) is 42.5 Å². The van der Waals surface area contributed by atoms with Gasteiger partial charge in [0.2, 0.25) is 5.91 Å². The maximum absolute atomic E-state index is 13.8. The highest BCUT2D eigenvalue weighted by atomic mass is 16.4. The van der Waals surface area contributed by atoms with Gasteiger partial charge in [-0.25, -0.2) is 0 Å². The number of unbranched alkanes of at least 4 members (excludes halogenated alkanes) is 1. The summed E-state index contributed by atoms with van der Waals surface area (Å²) in [5.74, 6) is -4.94. The summed E-state index contributed by atoms with van der Waals surface area (Å²) >= 11 is 0. The van der Waals surface area contributed by atoms with Gasteiger partial charge < -0.3 is 37.4 Å². The predicted molar refractivity (Wildman–Crippen MR) is 184 cm³/mol. The van der Waals surface area contributed by atoms with E-state index in [2.05, 4.69) is 10.6 Å². The molecule has 0 radical (unpaired) electrons. The van der Waals surface area contributed by atoms with E-state index < -0.39 is 65.7 Å². The number of rotatable bonds is 19. The molecule has 3 aromatic carbocycles. The summed E-state index contributed by atoms with van der Waals surface area (Å²) in [7, 11) is 0. The molecule has 13 nitrogen and oxygen atoms in total. The third-order valence-electron chi connectivity index (χ3n) is 8.37. The summed E-state index contributed by atoms with van der Waals surface area (Å²) in [4.78, 5) is 65.5. The maximum atomic E-state index is 13.8. The summed E-state index contributed by atoms with van der Waals surface area (Å²) in [6.07, 6.45) is 1.11. The van der Waals surface area contributed by atoms with Crippen molar-refractivity contribution in [1.82, 2.24) is 10.6 Å². The van der Waals surface area contributed by atoms with Crippen LogP contribution in [-0.4, -0.2) is 69.1 Å². The molecule has 0 saturated carbocycles. The van der Waals surface area contributed by atoms with Gasteiger partial charge in [0.25, 0.3) is 5.91 Å². The lowest BCUT2D eigenvalue weighted by Crippen LogP contribution is -2.52. The minimum atomic E-state index is -1.49. The number of hydrogen-bond acceptors (Lipinski definition) is 9. The van der Waals surface area contributed by atoms with E-state index in [1.807, 2.05) is 0 Å². The zero-order chi connectivity index (χ0) is 36.3. The third-order valence-corrected chi connectivity index (χ3v) is 8.37. The number of aliphatic carboxylic acids is 1. The standard InChI is InChI=1S/C36H45N5O8/c1-36(2,35(48)49)19-30(44)28(20-40-34(47)26-16-13-22-7-3-4-8-25(22)32(26)45)41-33(46)23(17-21-11-14-24(42)15-12-21)18-29(43)27(37)9-5-6-10-31(38)39/h3-4,7-8,11-16,23,27-28,42,45H,5-6,9-10,17-20,37H2,1-2H3,(H3,38,39)(H,40,47)(H,41,46)(H,48,49). The first-order valence-corrected chi connectivity index (χ1v) is 16.0. The van der Waals surface area contributed by atoms with Gasteiger partial charge in [-0.3, -0.25) is 29.4 Å². The van der Waals surface area contributed by atoms with Gasteiger partial charge in [-0.1, -0.05) is 48.9 Å². The Hall–Kier alpha value is -5.30. The minimum absolute atomic E-state index is 0.00769. The van der Waals surface area contributed by atoms with Crippen molar-refractivity contribution in [2.24, 2.45) is 22.8 Å². The van der Waals surface area contributed by atoms with E-state index in [-0.39, 0.29) is 35.7 Å². The van der Waals surface area contributed by atoms with Crippen LogP contribution in [0, 0.1) is 16.7 Å². The Morgan fingerprint density at radius 1 is 0.918 bits per heavy atom. The molecule has 10 N–H and O–H groups in total. The van der Waals surface area contributed by atoms with Crippen LogP contribution < -0.4 is 22.1 Å². The molecule has 0 aromatic heterocycles. The number of nitrogens with two attached hydrogens (primary N) is 2. The number of Topliss-reactive ketones (excluding diaryl/α,β-unsaturated/α-hetero) is 2. The monoisotopic (exact) mass is 675 g/mol. The van der Waals surface area contributed by atoms with Crippen molar-refractivity contribution in [2.75, 3.05) is 6.54 Å². The van der Waals surface area contributed by atoms with Gasteiger partial charge in [-0.05, 0) is 62.3 Å². The third kappa shape index (κ3) is 11.1. The maximum Gasteiger partial charge on any atom is 0.309 e. The normalized spacial score (nSPS) is 13.2. The van der Waals surface area contributed by atoms with Gasteiger partial charge in [0, 0.05) is 37.1 Å². The molecule has 3 aromatic rings. The second-order valence-corrected chi connectivity index (χ2v) is 12.9. The lowest BCUT2D eigenvalue weighted by molar-refractivity contribution is -0.149. The fraction of sp³-hybridized carbons (Fsp3) is 0.389. The molecular formula is C36H45N5O8. The molecule has 0 aliphatic rings. The van der Waals surface area contributed by atoms with Crippen molar-refractivity contribution in [3.8, 4) is 11.5 Å². The first-order chi connectivity index (χ1) is 23.1. The summed E-state index contributed by atoms with van der Waals surface area (Å²) in [6, 6.07) is 13.8. The van der Waals surface area contributed by atoms with Crippen molar-refractivity contribution in [1.29, 1.82) is 5.41 Å². The van der Waals surface area contributed by atoms with E-state index >= 15 is 0 Å². The molecule has 2 amide bonds. The largest absolute Gasteiger partial charge is 0.508 e.